The minimum absolute atomic E-state index is 0.0152. The molecule has 0 saturated heterocycles. The van der Waals surface area contributed by atoms with Gasteiger partial charge in [0.25, 0.3) is 0 Å². The molecule has 1 aliphatic carbocycles. The van der Waals surface area contributed by atoms with Gasteiger partial charge in [0.1, 0.15) is 0 Å². The number of carbonyl (C=O) groups excluding carboxylic acids is 1. The zero-order valence-corrected chi connectivity index (χ0v) is 20.3. The Morgan fingerprint density at radius 2 is 1.78 bits per heavy atom. The van der Waals surface area contributed by atoms with Crippen LogP contribution in [0.5, 0.6) is 0 Å². The Morgan fingerprint density at radius 1 is 1.00 bits per heavy atom. The van der Waals surface area contributed by atoms with Crippen LogP contribution in [-0.2, 0) is 11.2 Å². The van der Waals surface area contributed by atoms with Crippen LogP contribution >= 0.6 is 0 Å². The SMILES string of the molecule is NCC1CCC(C(=O)NC(Cc2ccccc2)c2cc(-c3ccc4[nH]ccc(=O)c4c3)ccn2)CC1. The number of hydrogen-bond acceptors (Lipinski definition) is 4. The van der Waals surface area contributed by atoms with Gasteiger partial charge in [0, 0.05) is 35.3 Å². The van der Waals surface area contributed by atoms with Gasteiger partial charge in [-0.1, -0.05) is 36.4 Å². The van der Waals surface area contributed by atoms with E-state index in [4.69, 9.17) is 5.73 Å². The largest absolute Gasteiger partial charge is 0.361 e. The van der Waals surface area contributed by atoms with E-state index < -0.39 is 0 Å². The minimum Gasteiger partial charge on any atom is -0.361 e. The van der Waals surface area contributed by atoms with E-state index in [2.05, 4.69) is 27.4 Å². The van der Waals surface area contributed by atoms with Crippen LogP contribution in [0.3, 0.4) is 0 Å². The summed E-state index contributed by atoms with van der Waals surface area (Å²) >= 11 is 0. The smallest absolute Gasteiger partial charge is 0.223 e. The van der Waals surface area contributed by atoms with Crippen molar-refractivity contribution in [2.45, 2.75) is 38.1 Å². The van der Waals surface area contributed by atoms with Crippen molar-refractivity contribution in [3.63, 3.8) is 0 Å². The summed E-state index contributed by atoms with van der Waals surface area (Å²) in [6.45, 7) is 0.697. The number of rotatable bonds is 7. The molecule has 0 aliphatic heterocycles. The summed E-state index contributed by atoms with van der Waals surface area (Å²) < 4.78 is 0. The van der Waals surface area contributed by atoms with Gasteiger partial charge in [-0.25, -0.2) is 0 Å². The summed E-state index contributed by atoms with van der Waals surface area (Å²) in [7, 11) is 0. The first-order chi connectivity index (χ1) is 17.6. The lowest BCUT2D eigenvalue weighted by atomic mass is 9.81. The monoisotopic (exact) mass is 480 g/mol. The highest BCUT2D eigenvalue weighted by atomic mass is 16.2. The molecule has 6 heteroatoms. The van der Waals surface area contributed by atoms with E-state index in [9.17, 15) is 9.59 Å². The zero-order chi connectivity index (χ0) is 24.9. The molecule has 1 saturated carbocycles. The molecule has 1 atom stereocenters. The van der Waals surface area contributed by atoms with Gasteiger partial charge in [-0.2, -0.15) is 0 Å². The molecule has 0 radical (unpaired) electrons. The first kappa shape index (κ1) is 23.9. The van der Waals surface area contributed by atoms with E-state index in [0.29, 0.717) is 24.3 Å². The molecule has 4 aromatic rings. The van der Waals surface area contributed by atoms with Crippen LogP contribution in [0.15, 0.2) is 83.9 Å². The quantitative estimate of drug-likeness (QED) is 0.355. The summed E-state index contributed by atoms with van der Waals surface area (Å²) in [5.74, 6) is 0.638. The van der Waals surface area contributed by atoms with Gasteiger partial charge in [-0.3, -0.25) is 14.6 Å². The van der Waals surface area contributed by atoms with Gasteiger partial charge in [0.15, 0.2) is 5.43 Å². The second-order valence-electron chi connectivity index (χ2n) is 9.78. The molecular weight excluding hydrogens is 448 g/mol. The van der Waals surface area contributed by atoms with Gasteiger partial charge in [0.05, 0.1) is 11.7 Å². The number of hydrogen-bond donors (Lipinski definition) is 3. The van der Waals surface area contributed by atoms with Gasteiger partial charge in [0.2, 0.25) is 5.91 Å². The molecule has 4 N–H and O–H groups in total. The Balaban J connectivity index is 1.43. The van der Waals surface area contributed by atoms with Crippen molar-refractivity contribution in [2.75, 3.05) is 6.54 Å². The Morgan fingerprint density at radius 3 is 2.56 bits per heavy atom. The third kappa shape index (κ3) is 5.39. The molecule has 6 nitrogen and oxygen atoms in total. The number of pyridine rings is 2. The lowest BCUT2D eigenvalue weighted by Crippen LogP contribution is -2.37. The maximum Gasteiger partial charge on any atom is 0.223 e. The number of nitrogens with zero attached hydrogens (tertiary/aromatic N) is 1. The van der Waals surface area contributed by atoms with Gasteiger partial charge in [-0.05, 0) is 85.5 Å². The first-order valence-electron chi connectivity index (χ1n) is 12.7. The van der Waals surface area contributed by atoms with Crippen LogP contribution in [0.1, 0.15) is 43.0 Å². The second kappa shape index (κ2) is 10.9. The van der Waals surface area contributed by atoms with Crippen molar-refractivity contribution >= 4 is 16.8 Å². The molecule has 184 valence electrons. The summed E-state index contributed by atoms with van der Waals surface area (Å²) in [6.07, 6.45) is 7.86. The molecule has 5 rings (SSSR count). The highest BCUT2D eigenvalue weighted by molar-refractivity contribution is 5.84. The third-order valence-electron chi connectivity index (χ3n) is 7.38. The Labute approximate surface area is 211 Å². The Kier molecular flexibility index (Phi) is 7.23. The Hall–Kier alpha value is -3.77. The van der Waals surface area contributed by atoms with E-state index in [0.717, 1.165) is 53.6 Å². The first-order valence-corrected chi connectivity index (χ1v) is 12.7. The maximum atomic E-state index is 13.3. The lowest BCUT2D eigenvalue weighted by Gasteiger charge is -2.28. The average Bonchev–Trinajstić information content (AvgIpc) is 2.93. The number of amides is 1. The van der Waals surface area contributed by atoms with E-state index >= 15 is 0 Å². The predicted octanol–water partition coefficient (Wildman–Crippen LogP) is 4.76. The number of aromatic nitrogens is 2. The molecule has 36 heavy (non-hydrogen) atoms. The number of H-pyrrole nitrogens is 1. The molecule has 2 aromatic heterocycles. The van der Waals surface area contributed by atoms with Crippen molar-refractivity contribution in [1.82, 2.24) is 15.3 Å². The van der Waals surface area contributed by atoms with Crippen molar-refractivity contribution in [1.29, 1.82) is 0 Å². The standard InChI is InChI=1S/C30H32N4O2/c31-19-21-6-8-22(9-7-21)30(36)34-28(16-20-4-2-1-3-5-20)27-18-24(12-14-33-27)23-10-11-26-25(17-23)29(35)13-15-32-26/h1-5,10-15,17-18,21-22,28H,6-9,16,19,31H2,(H,32,35)(H,34,36). The normalized spacial score (nSPS) is 18.6. The predicted molar refractivity (Wildman–Crippen MR) is 143 cm³/mol. The fraction of sp³-hybridized carbons (Fsp3) is 0.300. The highest BCUT2D eigenvalue weighted by Crippen LogP contribution is 2.30. The molecule has 0 spiro atoms. The number of carbonyl (C=O) groups is 1. The minimum atomic E-state index is -0.254. The van der Waals surface area contributed by atoms with E-state index in [1.165, 1.54) is 6.07 Å². The van der Waals surface area contributed by atoms with Gasteiger partial charge >= 0.3 is 0 Å². The third-order valence-corrected chi connectivity index (χ3v) is 7.38. The number of aromatic amines is 1. The van der Waals surface area contributed by atoms with Crippen molar-refractivity contribution in [2.24, 2.45) is 17.6 Å². The number of fused-ring (bicyclic) bond motifs is 1. The zero-order valence-electron chi connectivity index (χ0n) is 20.3. The van der Waals surface area contributed by atoms with Crippen LogP contribution in [0.4, 0.5) is 0 Å². The van der Waals surface area contributed by atoms with Crippen molar-refractivity contribution in [3.05, 3.63) is 101 Å². The average molecular weight is 481 g/mol. The van der Waals surface area contributed by atoms with Crippen LogP contribution in [0.25, 0.3) is 22.0 Å². The summed E-state index contributed by atoms with van der Waals surface area (Å²) in [5.41, 5.74) is 10.5. The highest BCUT2D eigenvalue weighted by Gasteiger charge is 2.28. The van der Waals surface area contributed by atoms with Gasteiger partial charge in [-0.15, -0.1) is 0 Å². The van der Waals surface area contributed by atoms with Crippen LogP contribution in [0.2, 0.25) is 0 Å². The lowest BCUT2D eigenvalue weighted by molar-refractivity contribution is -0.127. The van der Waals surface area contributed by atoms with Crippen LogP contribution in [0, 0.1) is 11.8 Å². The molecule has 2 aromatic carbocycles. The fourth-order valence-electron chi connectivity index (χ4n) is 5.20. The van der Waals surface area contributed by atoms with Crippen LogP contribution in [-0.4, -0.2) is 22.4 Å². The van der Waals surface area contributed by atoms with E-state index in [1.54, 1.807) is 12.4 Å². The number of benzene rings is 2. The number of nitrogens with one attached hydrogen (secondary N) is 2. The topological polar surface area (TPSA) is 101 Å². The van der Waals surface area contributed by atoms with E-state index in [-0.39, 0.29) is 23.3 Å². The number of nitrogens with two attached hydrogens (primary N) is 1. The molecule has 0 bridgehead atoms. The molecule has 1 aliphatic rings. The van der Waals surface area contributed by atoms with E-state index in [1.807, 2.05) is 48.5 Å². The summed E-state index contributed by atoms with van der Waals surface area (Å²) in [5, 5.41) is 3.96. The van der Waals surface area contributed by atoms with Gasteiger partial charge < -0.3 is 16.0 Å². The summed E-state index contributed by atoms with van der Waals surface area (Å²) in [6, 6.07) is 21.3. The maximum absolute atomic E-state index is 13.3. The molecule has 1 amide bonds. The summed E-state index contributed by atoms with van der Waals surface area (Å²) in [4.78, 5) is 33.4. The molecule has 2 heterocycles. The molecular formula is C30H32N4O2. The Bertz CT molecular complexity index is 1390. The molecule has 1 fully saturated rings. The van der Waals surface area contributed by atoms with Crippen LogP contribution < -0.4 is 16.5 Å². The van der Waals surface area contributed by atoms with Crippen molar-refractivity contribution < 1.29 is 4.79 Å². The fourth-order valence-corrected chi connectivity index (χ4v) is 5.20. The second-order valence-corrected chi connectivity index (χ2v) is 9.78. The molecule has 1 unspecified atom stereocenters. The van der Waals surface area contributed by atoms with Crippen molar-refractivity contribution in [3.8, 4) is 11.1 Å².